The number of anilines is 2. The highest BCUT2D eigenvalue weighted by Gasteiger charge is 2.49. The number of nitrogen functional groups attached to an aromatic ring is 1. The number of hydrogen-bond donors (Lipinski definition) is 2. The summed E-state index contributed by atoms with van der Waals surface area (Å²) in [5.74, 6) is 0.796. The average molecular weight is 515 g/mol. The van der Waals surface area contributed by atoms with Crippen LogP contribution in [0, 0.1) is 5.92 Å². The Morgan fingerprint density at radius 1 is 1.26 bits per heavy atom. The maximum atomic E-state index is 13.2. The third-order valence-electron chi connectivity index (χ3n) is 6.92. The van der Waals surface area contributed by atoms with Gasteiger partial charge in [0.1, 0.15) is 6.33 Å². The number of nitrogens with two attached hydrogens (primary N) is 1. The predicted octanol–water partition coefficient (Wildman–Crippen LogP) is 2.39. The van der Waals surface area contributed by atoms with E-state index in [1.165, 1.54) is 15.6 Å². The number of piperidine rings is 1. The number of amides is 1. The SMILES string of the molecule is Cn1ncn(-c2ccc(C(=O)N[C@@H]3[C@H]4CC[C@@H]3N(c3ncc(Cl)c5c(N)noc35)C4)c(Cl)c2)c1=O. The maximum absolute atomic E-state index is 13.2. The van der Waals surface area contributed by atoms with Gasteiger partial charge in [-0.1, -0.05) is 28.4 Å². The molecule has 13 heteroatoms. The van der Waals surface area contributed by atoms with Gasteiger partial charge < -0.3 is 20.5 Å². The molecule has 0 radical (unpaired) electrons. The van der Waals surface area contributed by atoms with Crippen molar-refractivity contribution in [1.29, 1.82) is 0 Å². The average Bonchev–Trinajstić information content (AvgIpc) is 3.59. The molecule has 2 aliphatic rings. The molecule has 1 aliphatic carbocycles. The number of nitrogens with zero attached hydrogens (tertiary/aromatic N) is 6. The molecule has 1 saturated heterocycles. The fraction of sp³-hybridized carbons (Fsp3) is 0.318. The summed E-state index contributed by atoms with van der Waals surface area (Å²) in [4.78, 5) is 32.0. The summed E-state index contributed by atoms with van der Waals surface area (Å²) in [6.07, 6.45) is 4.82. The van der Waals surface area contributed by atoms with Gasteiger partial charge in [0.2, 0.25) is 5.58 Å². The molecule has 3 atom stereocenters. The van der Waals surface area contributed by atoms with E-state index in [0.29, 0.717) is 39.6 Å². The molecular formula is C22H20Cl2N8O3. The van der Waals surface area contributed by atoms with E-state index < -0.39 is 0 Å². The fourth-order valence-electron chi connectivity index (χ4n) is 5.22. The number of pyridine rings is 1. The molecule has 11 nitrogen and oxygen atoms in total. The van der Waals surface area contributed by atoms with Crippen molar-refractivity contribution < 1.29 is 9.32 Å². The van der Waals surface area contributed by atoms with Crippen LogP contribution in [-0.4, -0.2) is 49.0 Å². The smallest absolute Gasteiger partial charge is 0.350 e. The summed E-state index contributed by atoms with van der Waals surface area (Å²) in [6.45, 7) is 0.705. The second kappa shape index (κ2) is 7.99. The molecule has 3 aromatic heterocycles. The molecule has 4 aromatic rings. The van der Waals surface area contributed by atoms with Crippen LogP contribution in [0.5, 0.6) is 0 Å². The number of aryl methyl sites for hydroxylation is 1. The Morgan fingerprint density at radius 3 is 2.83 bits per heavy atom. The molecule has 1 aliphatic heterocycles. The molecular weight excluding hydrogens is 495 g/mol. The van der Waals surface area contributed by atoms with Crippen LogP contribution >= 0.6 is 23.2 Å². The van der Waals surface area contributed by atoms with Crippen LogP contribution in [0.2, 0.25) is 10.0 Å². The number of fused-ring (bicyclic) bond motifs is 3. The maximum Gasteiger partial charge on any atom is 0.350 e. The largest absolute Gasteiger partial charge is 0.380 e. The second-order valence-electron chi connectivity index (χ2n) is 8.83. The number of nitrogens with one attached hydrogen (secondary N) is 1. The highest BCUT2D eigenvalue weighted by Crippen LogP contribution is 2.43. The summed E-state index contributed by atoms with van der Waals surface area (Å²) in [6, 6.07) is 4.80. The number of rotatable bonds is 4. The monoisotopic (exact) mass is 514 g/mol. The first-order valence-corrected chi connectivity index (χ1v) is 11.8. The number of aromatic nitrogens is 5. The predicted molar refractivity (Wildman–Crippen MR) is 130 cm³/mol. The number of carbonyl (C=O) groups excluding carboxylic acids is 1. The Bertz CT molecular complexity index is 1540. The van der Waals surface area contributed by atoms with E-state index in [2.05, 4.69) is 25.5 Å². The van der Waals surface area contributed by atoms with Crippen LogP contribution < -0.4 is 21.6 Å². The minimum absolute atomic E-state index is 0.0270. The topological polar surface area (TPSA) is 137 Å². The van der Waals surface area contributed by atoms with Crippen molar-refractivity contribution in [3.63, 3.8) is 0 Å². The molecule has 0 spiro atoms. The van der Waals surface area contributed by atoms with E-state index >= 15 is 0 Å². The highest BCUT2D eigenvalue weighted by molar-refractivity contribution is 6.36. The van der Waals surface area contributed by atoms with Crippen LogP contribution in [0.3, 0.4) is 0 Å². The second-order valence-corrected chi connectivity index (χ2v) is 9.64. The molecule has 1 saturated carbocycles. The lowest BCUT2D eigenvalue weighted by atomic mass is 10.1. The molecule has 1 aromatic carbocycles. The third-order valence-corrected chi connectivity index (χ3v) is 7.52. The van der Waals surface area contributed by atoms with Crippen LogP contribution in [0.25, 0.3) is 16.7 Å². The Morgan fingerprint density at radius 2 is 2.09 bits per heavy atom. The Hall–Kier alpha value is -3.57. The van der Waals surface area contributed by atoms with E-state index in [9.17, 15) is 9.59 Å². The van der Waals surface area contributed by atoms with Crippen molar-refractivity contribution in [3.8, 4) is 5.69 Å². The molecule has 0 unspecified atom stereocenters. The van der Waals surface area contributed by atoms with Crippen molar-refractivity contribution in [2.45, 2.75) is 24.9 Å². The van der Waals surface area contributed by atoms with Crippen molar-refractivity contribution in [3.05, 3.63) is 56.8 Å². The summed E-state index contributed by atoms with van der Waals surface area (Å²) in [5, 5.41) is 12.1. The molecule has 3 N–H and O–H groups in total. The summed E-state index contributed by atoms with van der Waals surface area (Å²) in [5.41, 5.74) is 6.92. The van der Waals surface area contributed by atoms with Crippen molar-refractivity contribution in [1.82, 2.24) is 29.8 Å². The van der Waals surface area contributed by atoms with Gasteiger partial charge in [0, 0.05) is 19.8 Å². The van der Waals surface area contributed by atoms with Crippen molar-refractivity contribution >= 4 is 51.7 Å². The molecule has 1 amide bonds. The number of carbonyl (C=O) groups is 1. The fourth-order valence-corrected chi connectivity index (χ4v) is 5.71. The molecule has 4 heterocycles. The molecule has 35 heavy (non-hydrogen) atoms. The molecule has 2 fully saturated rings. The van der Waals surface area contributed by atoms with E-state index in [1.807, 2.05) is 0 Å². The standard InChI is InChI=1S/C22H20Cl2N8O3/c1-30-22(34)32(9-27-30)11-3-4-12(13(23)6-11)21(33)28-17-10-2-5-15(17)31(8-10)20-18-16(14(24)7-26-20)19(25)29-35-18/h3-4,6-7,9-10,15,17H,2,5,8H2,1H3,(H2,25,29)(H,28,33)/t10-,15-,17+/m0/s1. The lowest BCUT2D eigenvalue weighted by Gasteiger charge is -2.28. The zero-order chi connectivity index (χ0) is 24.4. The molecule has 180 valence electrons. The highest BCUT2D eigenvalue weighted by atomic mass is 35.5. The number of benzene rings is 1. The first kappa shape index (κ1) is 21.9. The van der Waals surface area contributed by atoms with Crippen LogP contribution in [-0.2, 0) is 7.05 Å². The minimum Gasteiger partial charge on any atom is -0.380 e. The minimum atomic E-state index is -0.306. The van der Waals surface area contributed by atoms with Gasteiger partial charge in [-0.25, -0.2) is 19.0 Å². The van der Waals surface area contributed by atoms with E-state index in [1.54, 1.807) is 31.4 Å². The third kappa shape index (κ3) is 3.37. The number of halogens is 2. The quantitative estimate of drug-likeness (QED) is 0.423. The summed E-state index contributed by atoms with van der Waals surface area (Å²) < 4.78 is 8.02. The van der Waals surface area contributed by atoms with Gasteiger partial charge in [-0.15, -0.1) is 0 Å². The first-order valence-electron chi connectivity index (χ1n) is 11.0. The lowest BCUT2D eigenvalue weighted by Crippen LogP contribution is -2.44. The van der Waals surface area contributed by atoms with Gasteiger partial charge in [-0.2, -0.15) is 5.10 Å². The van der Waals surface area contributed by atoms with E-state index in [-0.39, 0.29) is 40.4 Å². The number of hydrogen-bond acceptors (Lipinski definition) is 8. The van der Waals surface area contributed by atoms with Gasteiger partial charge in [0.05, 0.1) is 38.8 Å². The molecule has 6 rings (SSSR count). The van der Waals surface area contributed by atoms with Gasteiger partial charge in [0.25, 0.3) is 5.91 Å². The van der Waals surface area contributed by atoms with Crippen LogP contribution in [0.15, 0.2) is 40.0 Å². The zero-order valence-corrected chi connectivity index (χ0v) is 20.0. The van der Waals surface area contributed by atoms with Crippen LogP contribution in [0.4, 0.5) is 11.6 Å². The van der Waals surface area contributed by atoms with Gasteiger partial charge in [-0.05, 0) is 37.0 Å². The lowest BCUT2D eigenvalue weighted by molar-refractivity contribution is 0.0932. The van der Waals surface area contributed by atoms with Gasteiger partial charge >= 0.3 is 5.69 Å². The zero-order valence-electron chi connectivity index (χ0n) is 18.5. The van der Waals surface area contributed by atoms with Crippen molar-refractivity contribution in [2.24, 2.45) is 13.0 Å². The Kier molecular flexibility index (Phi) is 5.01. The Balaban J connectivity index is 1.25. The van der Waals surface area contributed by atoms with Gasteiger partial charge in [-0.3, -0.25) is 4.79 Å². The van der Waals surface area contributed by atoms with E-state index in [4.69, 9.17) is 33.5 Å². The van der Waals surface area contributed by atoms with Crippen LogP contribution in [0.1, 0.15) is 23.2 Å². The summed E-state index contributed by atoms with van der Waals surface area (Å²) >= 11 is 12.7. The first-order chi connectivity index (χ1) is 16.8. The Labute approximate surface area is 208 Å². The van der Waals surface area contributed by atoms with Crippen molar-refractivity contribution in [2.75, 3.05) is 17.2 Å². The van der Waals surface area contributed by atoms with Gasteiger partial charge in [0.15, 0.2) is 11.6 Å². The van der Waals surface area contributed by atoms with E-state index in [0.717, 1.165) is 12.8 Å². The summed E-state index contributed by atoms with van der Waals surface area (Å²) in [7, 11) is 1.56. The normalized spacial score (nSPS) is 21.2. The molecule has 2 bridgehead atoms.